The SMILES string of the molecule is O=C(NCc1cccc(CCl)c1)C1CC1c1ccccc1. The van der Waals surface area contributed by atoms with E-state index in [2.05, 4.69) is 17.4 Å². The van der Waals surface area contributed by atoms with Gasteiger partial charge in [0, 0.05) is 18.3 Å². The molecule has 0 aliphatic heterocycles. The van der Waals surface area contributed by atoms with Crippen molar-refractivity contribution in [1.82, 2.24) is 5.32 Å². The van der Waals surface area contributed by atoms with Gasteiger partial charge >= 0.3 is 0 Å². The standard InChI is InChI=1S/C18H18ClNO/c19-11-13-5-4-6-14(9-13)12-20-18(21)17-10-16(17)15-7-2-1-3-8-15/h1-9,16-17H,10-12H2,(H,20,21). The molecule has 0 heterocycles. The van der Waals surface area contributed by atoms with E-state index in [-0.39, 0.29) is 11.8 Å². The van der Waals surface area contributed by atoms with Crippen LogP contribution >= 0.6 is 11.6 Å². The van der Waals surface area contributed by atoms with Gasteiger partial charge in [0.25, 0.3) is 0 Å². The highest BCUT2D eigenvalue weighted by molar-refractivity contribution is 6.17. The smallest absolute Gasteiger partial charge is 0.224 e. The number of rotatable bonds is 5. The number of carbonyl (C=O) groups is 1. The molecule has 1 aliphatic rings. The summed E-state index contributed by atoms with van der Waals surface area (Å²) >= 11 is 5.82. The first-order valence-corrected chi connectivity index (χ1v) is 7.78. The molecular weight excluding hydrogens is 282 g/mol. The Kier molecular flexibility index (Phi) is 4.26. The lowest BCUT2D eigenvalue weighted by Gasteiger charge is -2.06. The van der Waals surface area contributed by atoms with E-state index in [1.54, 1.807) is 0 Å². The van der Waals surface area contributed by atoms with Gasteiger partial charge in [0.1, 0.15) is 0 Å². The Labute approximate surface area is 130 Å². The molecule has 1 aliphatic carbocycles. The number of alkyl halides is 1. The molecule has 1 N–H and O–H groups in total. The van der Waals surface area contributed by atoms with E-state index >= 15 is 0 Å². The van der Waals surface area contributed by atoms with Gasteiger partial charge in [-0.1, -0.05) is 54.6 Å². The molecule has 108 valence electrons. The summed E-state index contributed by atoms with van der Waals surface area (Å²) in [7, 11) is 0. The Morgan fingerprint density at radius 2 is 1.86 bits per heavy atom. The van der Waals surface area contributed by atoms with Gasteiger partial charge in [-0.05, 0) is 29.0 Å². The zero-order valence-electron chi connectivity index (χ0n) is 11.8. The van der Waals surface area contributed by atoms with Gasteiger partial charge in [0.2, 0.25) is 5.91 Å². The van der Waals surface area contributed by atoms with E-state index in [0.29, 0.717) is 18.3 Å². The summed E-state index contributed by atoms with van der Waals surface area (Å²) in [5.41, 5.74) is 3.44. The van der Waals surface area contributed by atoms with Crippen LogP contribution in [-0.4, -0.2) is 5.91 Å². The fourth-order valence-electron chi connectivity index (χ4n) is 2.70. The second-order valence-electron chi connectivity index (χ2n) is 5.53. The Hall–Kier alpha value is -1.80. The molecule has 2 atom stereocenters. The van der Waals surface area contributed by atoms with E-state index in [1.165, 1.54) is 5.56 Å². The predicted molar refractivity (Wildman–Crippen MR) is 85.1 cm³/mol. The molecule has 0 saturated heterocycles. The number of amides is 1. The minimum absolute atomic E-state index is 0.128. The fourth-order valence-corrected chi connectivity index (χ4v) is 2.86. The Balaban J connectivity index is 1.54. The first kappa shape index (κ1) is 14.2. The van der Waals surface area contributed by atoms with Crippen molar-refractivity contribution in [3.8, 4) is 0 Å². The summed E-state index contributed by atoms with van der Waals surface area (Å²) in [5.74, 6) is 1.17. The van der Waals surface area contributed by atoms with E-state index in [9.17, 15) is 4.79 Å². The van der Waals surface area contributed by atoms with Gasteiger partial charge in [-0.3, -0.25) is 4.79 Å². The van der Waals surface area contributed by atoms with Crippen LogP contribution < -0.4 is 5.32 Å². The summed E-state index contributed by atoms with van der Waals surface area (Å²) in [6, 6.07) is 18.3. The molecule has 1 fully saturated rings. The number of hydrogen-bond acceptors (Lipinski definition) is 1. The predicted octanol–water partition coefficient (Wildman–Crippen LogP) is 3.85. The average Bonchev–Trinajstić information content (AvgIpc) is 3.34. The van der Waals surface area contributed by atoms with Crippen LogP contribution in [-0.2, 0) is 17.2 Å². The molecule has 3 rings (SSSR count). The Morgan fingerprint density at radius 1 is 1.10 bits per heavy atom. The lowest BCUT2D eigenvalue weighted by molar-refractivity contribution is -0.122. The molecule has 0 bridgehead atoms. The summed E-state index contributed by atoms with van der Waals surface area (Å²) < 4.78 is 0. The monoisotopic (exact) mass is 299 g/mol. The number of carbonyl (C=O) groups excluding carboxylic acids is 1. The molecule has 21 heavy (non-hydrogen) atoms. The molecule has 0 aromatic heterocycles. The molecule has 3 heteroatoms. The molecule has 1 amide bonds. The topological polar surface area (TPSA) is 29.1 Å². The minimum atomic E-state index is 0.128. The summed E-state index contributed by atoms with van der Waals surface area (Å²) in [4.78, 5) is 12.2. The zero-order chi connectivity index (χ0) is 14.7. The quantitative estimate of drug-likeness (QED) is 0.835. The Morgan fingerprint density at radius 3 is 2.62 bits per heavy atom. The molecule has 1 saturated carbocycles. The highest BCUT2D eigenvalue weighted by atomic mass is 35.5. The highest BCUT2D eigenvalue weighted by Crippen LogP contribution is 2.47. The maximum Gasteiger partial charge on any atom is 0.224 e. The van der Waals surface area contributed by atoms with Crippen molar-refractivity contribution in [2.45, 2.75) is 24.8 Å². The van der Waals surface area contributed by atoms with Gasteiger partial charge in [0.15, 0.2) is 0 Å². The molecule has 0 spiro atoms. The van der Waals surface area contributed by atoms with Gasteiger partial charge in [0.05, 0.1) is 0 Å². The van der Waals surface area contributed by atoms with Crippen molar-refractivity contribution in [1.29, 1.82) is 0 Å². The lowest BCUT2D eigenvalue weighted by atomic mass is 10.1. The highest BCUT2D eigenvalue weighted by Gasteiger charge is 2.43. The van der Waals surface area contributed by atoms with Gasteiger partial charge in [-0.25, -0.2) is 0 Å². The first-order chi connectivity index (χ1) is 10.3. The van der Waals surface area contributed by atoms with E-state index in [0.717, 1.165) is 17.5 Å². The van der Waals surface area contributed by atoms with E-state index < -0.39 is 0 Å². The van der Waals surface area contributed by atoms with Crippen molar-refractivity contribution < 1.29 is 4.79 Å². The number of benzene rings is 2. The normalized spacial score (nSPS) is 20.0. The molecule has 0 radical (unpaired) electrons. The van der Waals surface area contributed by atoms with E-state index in [1.807, 2.05) is 42.5 Å². The van der Waals surface area contributed by atoms with Gasteiger partial charge < -0.3 is 5.32 Å². The van der Waals surface area contributed by atoms with Crippen LogP contribution in [0.2, 0.25) is 0 Å². The van der Waals surface area contributed by atoms with Gasteiger partial charge in [-0.15, -0.1) is 11.6 Å². The molecule has 2 aromatic carbocycles. The van der Waals surface area contributed by atoms with Crippen LogP contribution in [0.4, 0.5) is 0 Å². The summed E-state index contributed by atoms with van der Waals surface area (Å²) in [5, 5.41) is 3.03. The zero-order valence-corrected chi connectivity index (χ0v) is 12.5. The number of halogens is 1. The Bertz CT molecular complexity index is 626. The van der Waals surface area contributed by atoms with Crippen LogP contribution in [0.1, 0.15) is 29.0 Å². The second-order valence-corrected chi connectivity index (χ2v) is 5.80. The van der Waals surface area contributed by atoms with Crippen molar-refractivity contribution in [3.05, 3.63) is 71.3 Å². The average molecular weight is 300 g/mol. The summed E-state index contributed by atoms with van der Waals surface area (Å²) in [6.07, 6.45) is 0.956. The van der Waals surface area contributed by atoms with E-state index in [4.69, 9.17) is 11.6 Å². The molecule has 2 nitrogen and oxygen atoms in total. The molecular formula is C18H18ClNO. The number of hydrogen-bond donors (Lipinski definition) is 1. The van der Waals surface area contributed by atoms with Crippen LogP contribution in [0.15, 0.2) is 54.6 Å². The summed E-state index contributed by atoms with van der Waals surface area (Å²) in [6.45, 7) is 0.571. The second kappa shape index (κ2) is 6.31. The fraction of sp³-hybridized carbons (Fsp3) is 0.278. The van der Waals surface area contributed by atoms with Gasteiger partial charge in [-0.2, -0.15) is 0 Å². The first-order valence-electron chi connectivity index (χ1n) is 7.24. The maximum absolute atomic E-state index is 12.2. The largest absolute Gasteiger partial charge is 0.352 e. The lowest BCUT2D eigenvalue weighted by Crippen LogP contribution is -2.24. The van der Waals surface area contributed by atoms with Crippen LogP contribution in [0.3, 0.4) is 0 Å². The van der Waals surface area contributed by atoms with Crippen molar-refractivity contribution in [3.63, 3.8) is 0 Å². The third kappa shape index (κ3) is 3.45. The third-order valence-electron chi connectivity index (χ3n) is 3.97. The van der Waals surface area contributed by atoms with Crippen molar-refractivity contribution in [2.24, 2.45) is 5.92 Å². The van der Waals surface area contributed by atoms with Crippen molar-refractivity contribution in [2.75, 3.05) is 0 Å². The maximum atomic E-state index is 12.2. The molecule has 2 aromatic rings. The van der Waals surface area contributed by atoms with Crippen LogP contribution in [0, 0.1) is 5.92 Å². The third-order valence-corrected chi connectivity index (χ3v) is 4.28. The molecule has 2 unspecified atom stereocenters. The van der Waals surface area contributed by atoms with Crippen LogP contribution in [0.25, 0.3) is 0 Å². The number of nitrogens with one attached hydrogen (secondary N) is 1. The van der Waals surface area contributed by atoms with Crippen molar-refractivity contribution >= 4 is 17.5 Å². The minimum Gasteiger partial charge on any atom is -0.352 e. The van der Waals surface area contributed by atoms with Crippen LogP contribution in [0.5, 0.6) is 0 Å².